The number of esters is 1. The smallest absolute Gasteiger partial charge is 0.344 e. The Morgan fingerprint density at radius 1 is 1.11 bits per heavy atom. The van der Waals surface area contributed by atoms with Crippen LogP contribution in [-0.4, -0.2) is 27.6 Å². The molecule has 1 unspecified atom stereocenters. The van der Waals surface area contributed by atoms with Crippen molar-refractivity contribution in [2.24, 2.45) is 0 Å². The van der Waals surface area contributed by atoms with Crippen LogP contribution in [-0.2, 0) is 15.5 Å². The van der Waals surface area contributed by atoms with E-state index in [1.165, 1.54) is 29.9 Å². The van der Waals surface area contributed by atoms with E-state index in [2.05, 4.69) is 0 Å². The second kappa shape index (κ2) is 7.59. The Morgan fingerprint density at radius 2 is 1.71 bits per heavy atom. The molecule has 9 heteroatoms. The van der Waals surface area contributed by atoms with E-state index in [9.17, 15) is 27.0 Å². The van der Waals surface area contributed by atoms with E-state index in [1.54, 1.807) is 0 Å². The summed E-state index contributed by atoms with van der Waals surface area (Å²) in [6.45, 7) is 1.47. The maximum absolute atomic E-state index is 13.9. The second-order valence-corrected chi connectivity index (χ2v) is 7.07. The molecule has 0 saturated carbocycles. The van der Waals surface area contributed by atoms with Crippen molar-refractivity contribution >= 4 is 27.7 Å². The molecule has 0 spiro atoms. The Bertz CT molecular complexity index is 1170. The number of pyridine rings is 1. The van der Waals surface area contributed by atoms with Crippen LogP contribution >= 0.6 is 0 Å². The molecule has 5 nitrogen and oxygen atoms in total. The molecule has 146 valence electrons. The summed E-state index contributed by atoms with van der Waals surface area (Å²) in [6, 6.07) is 6.23. The average Bonchev–Trinajstić information content (AvgIpc) is 2.64. The summed E-state index contributed by atoms with van der Waals surface area (Å²) in [6.07, 6.45) is 1.23. The van der Waals surface area contributed by atoms with E-state index in [-0.39, 0.29) is 28.2 Å². The Kier molecular flexibility index (Phi) is 5.37. The van der Waals surface area contributed by atoms with Crippen LogP contribution in [0.25, 0.3) is 16.6 Å². The van der Waals surface area contributed by atoms with Crippen LogP contribution in [0.5, 0.6) is 0 Å². The zero-order valence-electron chi connectivity index (χ0n) is 14.8. The number of nitrogens with zero attached hydrogens (tertiary/aromatic N) is 1. The second-order valence-electron chi connectivity index (χ2n) is 5.78. The minimum Gasteiger partial charge on any atom is -0.462 e. The van der Waals surface area contributed by atoms with Gasteiger partial charge in [0.25, 0.3) is 0 Å². The molecule has 0 radical (unpaired) electrons. The first-order valence-electron chi connectivity index (χ1n) is 8.10. The summed E-state index contributed by atoms with van der Waals surface area (Å²) in [5.41, 5.74) is -1.40. The third kappa shape index (κ3) is 3.33. The van der Waals surface area contributed by atoms with Crippen LogP contribution in [0.3, 0.4) is 0 Å². The summed E-state index contributed by atoms with van der Waals surface area (Å²) < 4.78 is 59.7. The van der Waals surface area contributed by atoms with Gasteiger partial charge < -0.3 is 9.30 Å². The molecule has 1 heterocycles. The number of benzene rings is 2. The van der Waals surface area contributed by atoms with E-state index in [0.717, 1.165) is 18.2 Å². The molecule has 1 aromatic heterocycles. The minimum atomic E-state index is -1.91. The molecule has 2 aromatic carbocycles. The normalized spacial score (nSPS) is 12.2. The van der Waals surface area contributed by atoms with E-state index >= 15 is 0 Å². The summed E-state index contributed by atoms with van der Waals surface area (Å²) >= 11 is 0. The van der Waals surface area contributed by atoms with Gasteiger partial charge in [0.15, 0.2) is 11.6 Å². The van der Waals surface area contributed by atoms with Crippen molar-refractivity contribution < 1.29 is 26.9 Å². The number of carbonyl (C=O) groups is 1. The number of rotatable bonds is 4. The van der Waals surface area contributed by atoms with Crippen molar-refractivity contribution in [3.8, 4) is 5.69 Å². The highest BCUT2D eigenvalue weighted by Crippen LogP contribution is 2.26. The number of halogens is 3. The fourth-order valence-corrected chi connectivity index (χ4v) is 3.78. The predicted octanol–water partition coefficient (Wildman–Crippen LogP) is 3.32. The van der Waals surface area contributed by atoms with E-state index in [1.807, 2.05) is 0 Å². The van der Waals surface area contributed by atoms with Gasteiger partial charge in [0.2, 0.25) is 5.43 Å². The maximum atomic E-state index is 13.9. The van der Waals surface area contributed by atoms with E-state index in [4.69, 9.17) is 4.74 Å². The molecule has 0 amide bonds. The highest BCUT2D eigenvalue weighted by atomic mass is 32.2. The third-order valence-electron chi connectivity index (χ3n) is 4.00. The highest BCUT2D eigenvalue weighted by molar-refractivity contribution is 7.84. The van der Waals surface area contributed by atoms with Gasteiger partial charge >= 0.3 is 5.97 Å². The summed E-state index contributed by atoms with van der Waals surface area (Å²) in [7, 11) is -1.91. The van der Waals surface area contributed by atoms with E-state index < -0.39 is 45.2 Å². The molecular weight excluding hydrogens is 395 g/mol. The summed E-state index contributed by atoms with van der Waals surface area (Å²) in [5.74, 6) is -4.12. The van der Waals surface area contributed by atoms with Crippen LogP contribution in [0.15, 0.2) is 46.2 Å². The lowest BCUT2D eigenvalue weighted by atomic mass is 10.1. The van der Waals surface area contributed by atoms with Crippen molar-refractivity contribution in [2.45, 2.75) is 11.9 Å². The molecule has 3 aromatic rings. The molecule has 0 aliphatic rings. The topological polar surface area (TPSA) is 65.4 Å². The fraction of sp³-hybridized carbons (Fsp3) is 0.158. The van der Waals surface area contributed by atoms with Crippen LogP contribution in [0.2, 0.25) is 0 Å². The molecule has 28 heavy (non-hydrogen) atoms. The van der Waals surface area contributed by atoms with Gasteiger partial charge in [-0.25, -0.2) is 18.0 Å². The molecule has 3 rings (SSSR count). The van der Waals surface area contributed by atoms with Crippen LogP contribution in [0, 0.1) is 17.5 Å². The lowest BCUT2D eigenvalue weighted by molar-refractivity contribution is 0.0519. The van der Waals surface area contributed by atoms with Crippen molar-refractivity contribution in [1.29, 1.82) is 0 Å². The Morgan fingerprint density at radius 3 is 2.29 bits per heavy atom. The molecule has 0 fully saturated rings. The molecule has 1 atom stereocenters. The number of carbonyl (C=O) groups excluding carboxylic acids is 1. The van der Waals surface area contributed by atoms with Gasteiger partial charge in [-0.2, -0.15) is 0 Å². The first kappa shape index (κ1) is 19.8. The Balaban J connectivity index is 2.58. The average molecular weight is 409 g/mol. The predicted molar refractivity (Wildman–Crippen MR) is 97.7 cm³/mol. The monoisotopic (exact) mass is 409 g/mol. The Hall–Kier alpha value is -2.94. The number of hydrogen-bond acceptors (Lipinski definition) is 4. The van der Waals surface area contributed by atoms with Gasteiger partial charge in [0.1, 0.15) is 16.4 Å². The molecule has 0 aliphatic heterocycles. The third-order valence-corrected chi connectivity index (χ3v) is 4.94. The van der Waals surface area contributed by atoms with Crippen molar-refractivity contribution in [3.05, 3.63) is 69.6 Å². The number of aromatic nitrogens is 1. The fourth-order valence-electron chi connectivity index (χ4n) is 2.86. The summed E-state index contributed by atoms with van der Waals surface area (Å²) in [5, 5.41) is -0.561. The molecule has 0 aliphatic carbocycles. The van der Waals surface area contributed by atoms with Crippen LogP contribution < -0.4 is 5.43 Å². The lowest BCUT2D eigenvalue weighted by Gasteiger charge is -2.19. The van der Waals surface area contributed by atoms with Crippen molar-refractivity contribution in [3.63, 3.8) is 0 Å². The largest absolute Gasteiger partial charge is 0.462 e. The molecular formula is C19H14F3NO4S. The standard InChI is InChI=1S/C19H14F3NO4S/c1-3-27-19(25)16-17(24)12-8-13(21)14(22)9-15(12)23(18(16)28(2)26)11-6-4-10(20)5-7-11/h4-9H,3H2,1-2H3. The van der Waals surface area contributed by atoms with E-state index in [0.29, 0.717) is 6.07 Å². The molecule has 0 N–H and O–H groups in total. The van der Waals surface area contributed by atoms with Crippen LogP contribution in [0.1, 0.15) is 17.3 Å². The first-order chi connectivity index (χ1) is 13.3. The van der Waals surface area contributed by atoms with Gasteiger partial charge in [-0.15, -0.1) is 0 Å². The SMILES string of the molecule is CCOC(=O)c1c(S(C)=O)n(-c2ccc(F)cc2)c2cc(F)c(F)cc2c1=O. The number of fused-ring (bicyclic) bond motifs is 1. The van der Waals surface area contributed by atoms with Crippen LogP contribution in [0.4, 0.5) is 13.2 Å². The van der Waals surface area contributed by atoms with Crippen molar-refractivity contribution in [1.82, 2.24) is 4.57 Å². The number of hydrogen-bond donors (Lipinski definition) is 0. The molecule has 0 bridgehead atoms. The maximum Gasteiger partial charge on any atom is 0.344 e. The summed E-state index contributed by atoms with van der Waals surface area (Å²) in [4.78, 5) is 25.3. The van der Waals surface area contributed by atoms with Gasteiger partial charge in [-0.1, -0.05) is 0 Å². The first-order valence-corrected chi connectivity index (χ1v) is 9.66. The zero-order valence-corrected chi connectivity index (χ0v) is 15.6. The van der Waals surface area contributed by atoms with Gasteiger partial charge in [0.05, 0.1) is 28.3 Å². The number of ether oxygens (including phenoxy) is 1. The lowest BCUT2D eigenvalue weighted by Crippen LogP contribution is -2.26. The van der Waals surface area contributed by atoms with Gasteiger partial charge in [-0.05, 0) is 37.3 Å². The Labute approximate surface area is 159 Å². The molecule has 0 saturated heterocycles. The minimum absolute atomic E-state index is 0.0551. The zero-order chi connectivity index (χ0) is 20.6. The highest BCUT2D eigenvalue weighted by Gasteiger charge is 2.27. The van der Waals surface area contributed by atoms with Gasteiger partial charge in [-0.3, -0.25) is 9.00 Å². The van der Waals surface area contributed by atoms with Crippen molar-refractivity contribution in [2.75, 3.05) is 12.9 Å². The van der Waals surface area contributed by atoms with Gasteiger partial charge in [0, 0.05) is 18.0 Å². The quantitative estimate of drug-likeness (QED) is 0.620.